The summed E-state index contributed by atoms with van der Waals surface area (Å²) in [6.07, 6.45) is 3.38. The summed E-state index contributed by atoms with van der Waals surface area (Å²) in [7, 11) is 1.64. The highest BCUT2D eigenvalue weighted by atomic mass is 79.9. The van der Waals surface area contributed by atoms with Crippen molar-refractivity contribution in [3.63, 3.8) is 0 Å². The van der Waals surface area contributed by atoms with Crippen LogP contribution in [0.5, 0.6) is 0 Å². The van der Waals surface area contributed by atoms with E-state index >= 15 is 0 Å². The van der Waals surface area contributed by atoms with Crippen LogP contribution in [0, 0.1) is 0 Å². The first-order valence-corrected chi connectivity index (χ1v) is 9.68. The van der Waals surface area contributed by atoms with E-state index in [2.05, 4.69) is 21.0 Å². The molecular formula is C20H19BrClN3O3. The van der Waals surface area contributed by atoms with Crippen LogP contribution in [0.4, 0.5) is 5.69 Å². The van der Waals surface area contributed by atoms with E-state index in [1.54, 1.807) is 75.1 Å². The molecule has 0 aliphatic rings. The first kappa shape index (κ1) is 20.4. The fourth-order valence-corrected chi connectivity index (χ4v) is 3.19. The number of anilines is 1. The number of halogens is 2. The number of ether oxygens (including phenoxy) is 1. The molecule has 0 aliphatic heterocycles. The number of carbonyl (C=O) groups excluding carboxylic acids is 2. The number of pyridine rings is 1. The van der Waals surface area contributed by atoms with Gasteiger partial charge in [0.05, 0.1) is 26.8 Å². The third kappa shape index (κ3) is 4.20. The lowest BCUT2D eigenvalue weighted by Gasteiger charge is -2.22. The Morgan fingerprint density at radius 2 is 1.93 bits per heavy atom. The molecular weight excluding hydrogens is 446 g/mol. The van der Waals surface area contributed by atoms with Gasteiger partial charge < -0.3 is 9.64 Å². The van der Waals surface area contributed by atoms with Crippen molar-refractivity contribution in [1.29, 1.82) is 0 Å². The molecule has 0 N–H and O–H groups in total. The van der Waals surface area contributed by atoms with Crippen molar-refractivity contribution >= 4 is 50.6 Å². The summed E-state index contributed by atoms with van der Waals surface area (Å²) in [5, 5.41) is 4.44. The quantitative estimate of drug-likeness (QED) is 0.513. The molecule has 3 rings (SSSR count). The normalized spacial score (nSPS) is 11.5. The van der Waals surface area contributed by atoms with Crippen LogP contribution in [0.25, 0.3) is 5.52 Å². The van der Waals surface area contributed by atoms with Gasteiger partial charge in [0.1, 0.15) is 5.60 Å². The number of benzene rings is 1. The Balaban J connectivity index is 1.91. The van der Waals surface area contributed by atoms with Crippen molar-refractivity contribution in [2.45, 2.75) is 26.4 Å². The molecule has 2 heterocycles. The number of nitrogens with zero attached hydrogens (tertiary/aromatic N) is 3. The number of amides is 1. The molecule has 2 aromatic heterocycles. The maximum Gasteiger partial charge on any atom is 0.340 e. The summed E-state index contributed by atoms with van der Waals surface area (Å²) in [6, 6.07) is 8.26. The molecule has 146 valence electrons. The predicted octanol–water partition coefficient (Wildman–Crippen LogP) is 4.98. The van der Waals surface area contributed by atoms with Gasteiger partial charge in [-0.3, -0.25) is 4.79 Å². The van der Waals surface area contributed by atoms with E-state index in [0.717, 1.165) is 9.99 Å². The van der Waals surface area contributed by atoms with Gasteiger partial charge >= 0.3 is 5.97 Å². The highest BCUT2D eigenvalue weighted by Gasteiger charge is 2.22. The summed E-state index contributed by atoms with van der Waals surface area (Å²) >= 11 is 9.59. The van der Waals surface area contributed by atoms with Crippen LogP contribution in [0.15, 0.2) is 47.2 Å². The van der Waals surface area contributed by atoms with Crippen LogP contribution in [0.2, 0.25) is 5.02 Å². The molecule has 0 unspecified atom stereocenters. The van der Waals surface area contributed by atoms with E-state index in [9.17, 15) is 9.59 Å². The Morgan fingerprint density at radius 3 is 2.61 bits per heavy atom. The summed E-state index contributed by atoms with van der Waals surface area (Å²) < 4.78 is 7.86. The van der Waals surface area contributed by atoms with Crippen molar-refractivity contribution in [3.05, 3.63) is 63.3 Å². The van der Waals surface area contributed by atoms with Gasteiger partial charge in [-0.1, -0.05) is 11.6 Å². The van der Waals surface area contributed by atoms with Gasteiger partial charge in [-0.25, -0.2) is 9.31 Å². The van der Waals surface area contributed by atoms with Gasteiger partial charge in [0.25, 0.3) is 5.91 Å². The van der Waals surface area contributed by atoms with Crippen molar-refractivity contribution in [1.82, 2.24) is 9.61 Å². The zero-order valence-electron chi connectivity index (χ0n) is 15.9. The lowest BCUT2D eigenvalue weighted by molar-refractivity contribution is 0.00696. The molecule has 0 saturated heterocycles. The van der Waals surface area contributed by atoms with Crippen molar-refractivity contribution in [2.75, 3.05) is 11.9 Å². The number of carbonyl (C=O) groups is 2. The zero-order chi connectivity index (χ0) is 20.6. The second-order valence-electron chi connectivity index (χ2n) is 7.27. The van der Waals surface area contributed by atoms with Crippen LogP contribution < -0.4 is 4.90 Å². The lowest BCUT2D eigenvalue weighted by atomic mass is 10.1. The molecule has 8 heteroatoms. The molecule has 0 saturated carbocycles. The monoisotopic (exact) mass is 463 g/mol. The minimum Gasteiger partial charge on any atom is -0.456 e. The minimum atomic E-state index is -0.647. The van der Waals surface area contributed by atoms with E-state index in [-0.39, 0.29) is 16.5 Å². The summed E-state index contributed by atoms with van der Waals surface area (Å²) in [5.74, 6) is -0.766. The number of rotatable bonds is 3. The molecule has 1 aromatic carbocycles. The van der Waals surface area contributed by atoms with Gasteiger partial charge in [-0.05, 0) is 67.0 Å². The first-order chi connectivity index (χ1) is 13.1. The highest BCUT2D eigenvalue weighted by Crippen LogP contribution is 2.26. The average Bonchev–Trinajstić information content (AvgIpc) is 3.00. The molecule has 6 nitrogen and oxygen atoms in total. The Labute approximate surface area is 176 Å². The smallest absolute Gasteiger partial charge is 0.340 e. The van der Waals surface area contributed by atoms with Gasteiger partial charge in [-0.15, -0.1) is 0 Å². The molecule has 0 atom stereocenters. The largest absolute Gasteiger partial charge is 0.456 e. The van der Waals surface area contributed by atoms with Crippen molar-refractivity contribution in [3.8, 4) is 0 Å². The molecule has 0 fully saturated rings. The second kappa shape index (κ2) is 7.56. The molecule has 0 aliphatic carbocycles. The van der Waals surface area contributed by atoms with Gasteiger partial charge in [0.2, 0.25) is 0 Å². The van der Waals surface area contributed by atoms with E-state index in [0.29, 0.717) is 11.3 Å². The van der Waals surface area contributed by atoms with Crippen LogP contribution in [0.3, 0.4) is 0 Å². The summed E-state index contributed by atoms with van der Waals surface area (Å²) in [6.45, 7) is 5.34. The third-order valence-corrected chi connectivity index (χ3v) is 4.92. The van der Waals surface area contributed by atoms with E-state index < -0.39 is 11.6 Å². The van der Waals surface area contributed by atoms with Crippen LogP contribution in [0.1, 0.15) is 41.5 Å². The highest BCUT2D eigenvalue weighted by molar-refractivity contribution is 9.10. The maximum absolute atomic E-state index is 12.9. The summed E-state index contributed by atoms with van der Waals surface area (Å²) in [4.78, 5) is 26.8. The molecule has 0 spiro atoms. The number of hydrogen-bond donors (Lipinski definition) is 0. The molecule has 0 radical (unpaired) electrons. The lowest BCUT2D eigenvalue weighted by Crippen LogP contribution is -2.27. The van der Waals surface area contributed by atoms with Gasteiger partial charge in [0.15, 0.2) is 0 Å². The molecule has 1 amide bonds. The van der Waals surface area contributed by atoms with Crippen molar-refractivity contribution in [2.24, 2.45) is 0 Å². The molecule has 28 heavy (non-hydrogen) atoms. The standard InChI is InChI=1S/C20H19BrClN3O3/c1-20(2,3)28-19(27)14-10-13(5-6-16(14)22)24(4)18(26)12-7-8-25-17(9-12)15(21)11-23-25/h5-11H,1-4H3. The van der Waals surface area contributed by atoms with Gasteiger partial charge in [0, 0.05) is 24.5 Å². The Bertz CT molecular complexity index is 1070. The fourth-order valence-electron chi connectivity index (χ4n) is 2.61. The SMILES string of the molecule is CN(C(=O)c1ccn2ncc(Br)c2c1)c1ccc(Cl)c(C(=O)OC(C)(C)C)c1. The number of esters is 1. The fraction of sp³-hybridized carbons (Fsp3) is 0.250. The van der Waals surface area contributed by atoms with Crippen LogP contribution in [-0.2, 0) is 4.74 Å². The first-order valence-electron chi connectivity index (χ1n) is 8.50. The zero-order valence-corrected chi connectivity index (χ0v) is 18.2. The number of aromatic nitrogens is 2. The van der Waals surface area contributed by atoms with E-state index in [1.165, 1.54) is 4.90 Å². The summed E-state index contributed by atoms with van der Waals surface area (Å²) in [5.41, 5.74) is 1.37. The van der Waals surface area contributed by atoms with Gasteiger partial charge in [-0.2, -0.15) is 5.10 Å². The Kier molecular flexibility index (Phi) is 5.50. The number of fused-ring (bicyclic) bond motifs is 1. The molecule has 0 bridgehead atoms. The number of hydrogen-bond acceptors (Lipinski definition) is 4. The minimum absolute atomic E-state index is 0.211. The third-order valence-electron chi connectivity index (χ3n) is 3.98. The molecule has 3 aromatic rings. The maximum atomic E-state index is 12.9. The topological polar surface area (TPSA) is 63.9 Å². The Morgan fingerprint density at radius 1 is 1.21 bits per heavy atom. The van der Waals surface area contributed by atoms with Crippen molar-refractivity contribution < 1.29 is 14.3 Å². The Hall–Kier alpha value is -2.38. The van der Waals surface area contributed by atoms with E-state index in [1.807, 2.05) is 0 Å². The van der Waals surface area contributed by atoms with Crippen LogP contribution in [-0.4, -0.2) is 34.1 Å². The van der Waals surface area contributed by atoms with E-state index in [4.69, 9.17) is 16.3 Å². The second-order valence-corrected chi connectivity index (χ2v) is 8.53. The predicted molar refractivity (Wildman–Crippen MR) is 112 cm³/mol. The average molecular weight is 465 g/mol. The van der Waals surface area contributed by atoms with Crippen LogP contribution >= 0.6 is 27.5 Å².